The second kappa shape index (κ2) is 5.48. The molecule has 20 heavy (non-hydrogen) atoms. The van der Waals surface area contributed by atoms with Crippen molar-refractivity contribution in [2.75, 3.05) is 0 Å². The molecule has 0 spiro atoms. The summed E-state index contributed by atoms with van der Waals surface area (Å²) in [7, 11) is 0. The van der Waals surface area contributed by atoms with E-state index in [4.69, 9.17) is 0 Å². The molecule has 0 fully saturated rings. The molecule has 0 rings (SSSR count). The topological polar surface area (TPSA) is 9.23 Å². The van der Waals surface area contributed by atoms with Gasteiger partial charge in [-0.05, 0) is 0 Å². The zero-order valence-electron chi connectivity index (χ0n) is 8.81. The van der Waals surface area contributed by atoms with Gasteiger partial charge in [0, 0.05) is 0 Å². The van der Waals surface area contributed by atoms with E-state index in [-0.39, 0.29) is 0 Å². The lowest BCUT2D eigenvalue weighted by molar-refractivity contribution is -0.421. The van der Waals surface area contributed by atoms with Crippen LogP contribution < -0.4 is 0 Å². The minimum absolute atomic E-state index is 2.02. The monoisotopic (exact) mass is 332 g/mol. The molecular weight excluding hydrogens is 328 g/mol. The van der Waals surface area contributed by atoms with E-state index >= 15 is 0 Å². The zero-order valence-corrected chi connectivity index (χ0v) is 8.81. The molecule has 0 aromatic carbocycles. The first-order valence-electron chi connectivity index (χ1n) is 4.36. The Bertz CT molecular complexity index is 317. The van der Waals surface area contributed by atoms with Gasteiger partial charge in [0.05, 0.1) is 6.42 Å². The first-order valence-corrected chi connectivity index (χ1v) is 4.36. The Balaban J connectivity index is 5.06. The highest BCUT2D eigenvalue weighted by Gasteiger charge is 2.67. The smallest absolute Gasteiger partial charge is 0.272 e. The number of ether oxygens (including phenoxy) is 1. The third-order valence-corrected chi connectivity index (χ3v) is 1.70. The van der Waals surface area contributed by atoms with E-state index in [1.165, 1.54) is 0 Å². The molecule has 0 radical (unpaired) electrons. The summed E-state index contributed by atoms with van der Waals surface area (Å²) in [6.45, 7) is 0. The van der Waals surface area contributed by atoms with Crippen molar-refractivity contribution in [3.8, 4) is 0 Å². The minimum Gasteiger partial charge on any atom is -0.272 e. The van der Waals surface area contributed by atoms with Gasteiger partial charge in [-0.2, -0.15) is 43.9 Å². The van der Waals surface area contributed by atoms with Crippen molar-refractivity contribution in [1.29, 1.82) is 0 Å². The van der Waals surface area contributed by atoms with Gasteiger partial charge in [-0.25, -0.2) is 8.78 Å². The molecule has 0 N–H and O–H groups in total. The average molecular weight is 332 g/mol. The summed E-state index contributed by atoms with van der Waals surface area (Å²) in [5.41, 5.74) is 0. The molecule has 2 unspecified atom stereocenters. The molecule has 0 amide bonds. The van der Waals surface area contributed by atoms with Gasteiger partial charge in [-0.15, -0.1) is 0 Å². The highest BCUT2D eigenvalue weighted by atomic mass is 19.4. The fourth-order valence-electron chi connectivity index (χ4n) is 0.789. The Morgan fingerprint density at radius 3 is 1.45 bits per heavy atom. The van der Waals surface area contributed by atoms with Gasteiger partial charge in [0.1, 0.15) is 0 Å². The first-order chi connectivity index (χ1) is 8.51. The fraction of sp³-hybridized carbons (Fsp3) is 1.00. The molecule has 1 nitrogen and oxygen atoms in total. The van der Waals surface area contributed by atoms with E-state index < -0.39 is 43.3 Å². The number of halogens is 12. The molecule has 0 aromatic heterocycles. The maximum absolute atomic E-state index is 12.6. The van der Waals surface area contributed by atoms with E-state index in [1.807, 2.05) is 4.74 Å². The maximum atomic E-state index is 12.6. The van der Waals surface area contributed by atoms with Crippen LogP contribution in [0.3, 0.4) is 0 Å². The van der Waals surface area contributed by atoms with Crippen LogP contribution in [-0.4, -0.2) is 36.9 Å². The molecule has 0 aliphatic carbocycles. The summed E-state index contributed by atoms with van der Waals surface area (Å²) in [6, 6.07) is 0. The highest BCUT2D eigenvalue weighted by Crippen LogP contribution is 2.44. The van der Waals surface area contributed by atoms with E-state index in [9.17, 15) is 52.7 Å². The Labute approximate surface area is 102 Å². The molecule has 13 heteroatoms. The van der Waals surface area contributed by atoms with Crippen LogP contribution in [-0.2, 0) is 4.74 Å². The number of alkyl halides is 12. The average Bonchev–Trinajstić information content (AvgIpc) is 2.11. The molecular formula is C7H4F12O. The summed E-state index contributed by atoms with van der Waals surface area (Å²) in [6.07, 6.45) is -30.9. The third kappa shape index (κ3) is 4.90. The Morgan fingerprint density at radius 1 is 0.750 bits per heavy atom. The quantitative estimate of drug-likeness (QED) is 0.679. The first kappa shape index (κ1) is 19.1. The lowest BCUT2D eigenvalue weighted by atomic mass is 10.1. The second-order valence-electron chi connectivity index (χ2n) is 3.40. The highest BCUT2D eigenvalue weighted by molar-refractivity contribution is 4.87. The predicted octanol–water partition coefficient (Wildman–Crippen LogP) is 4.38. The van der Waals surface area contributed by atoms with Crippen LogP contribution in [0.15, 0.2) is 0 Å². The lowest BCUT2D eigenvalue weighted by Crippen LogP contribution is -2.53. The summed E-state index contributed by atoms with van der Waals surface area (Å²) in [5, 5.41) is 0. The predicted molar refractivity (Wildman–Crippen MR) is 37.5 cm³/mol. The maximum Gasteiger partial charge on any atom is 0.445 e. The van der Waals surface area contributed by atoms with Gasteiger partial charge in [0.15, 0.2) is 6.17 Å². The largest absolute Gasteiger partial charge is 0.445 e. The van der Waals surface area contributed by atoms with Gasteiger partial charge in [0.2, 0.25) is 0 Å². The van der Waals surface area contributed by atoms with Crippen molar-refractivity contribution in [1.82, 2.24) is 0 Å². The molecule has 122 valence electrons. The normalized spacial score (nSPS) is 18.0. The van der Waals surface area contributed by atoms with Crippen LogP contribution in [0, 0.1) is 0 Å². The molecule has 0 aliphatic rings. The third-order valence-electron chi connectivity index (χ3n) is 1.70. The minimum atomic E-state index is -6.44. The van der Waals surface area contributed by atoms with Crippen molar-refractivity contribution < 1.29 is 57.4 Å². The van der Waals surface area contributed by atoms with Crippen molar-refractivity contribution >= 4 is 0 Å². The Hall–Kier alpha value is -0.880. The molecule has 0 aliphatic heterocycles. The van der Waals surface area contributed by atoms with E-state index in [2.05, 4.69) is 0 Å². The van der Waals surface area contributed by atoms with Crippen LogP contribution in [0.1, 0.15) is 6.42 Å². The summed E-state index contributed by atoms with van der Waals surface area (Å²) in [5.74, 6) is -6.32. The van der Waals surface area contributed by atoms with Crippen molar-refractivity contribution in [3.05, 3.63) is 0 Å². The molecule has 0 bridgehead atoms. The van der Waals surface area contributed by atoms with Crippen molar-refractivity contribution in [2.45, 2.75) is 43.3 Å². The van der Waals surface area contributed by atoms with Crippen molar-refractivity contribution in [2.24, 2.45) is 0 Å². The van der Waals surface area contributed by atoms with E-state index in [0.29, 0.717) is 0 Å². The zero-order chi connectivity index (χ0) is 16.6. The van der Waals surface area contributed by atoms with Crippen LogP contribution in [0.5, 0.6) is 0 Å². The lowest BCUT2D eigenvalue weighted by Gasteiger charge is -2.30. The van der Waals surface area contributed by atoms with Gasteiger partial charge >= 0.3 is 24.4 Å². The number of rotatable bonds is 5. The van der Waals surface area contributed by atoms with E-state index in [0.717, 1.165) is 0 Å². The van der Waals surface area contributed by atoms with E-state index in [1.54, 1.807) is 0 Å². The summed E-state index contributed by atoms with van der Waals surface area (Å²) < 4.78 is 146. The van der Waals surface area contributed by atoms with Crippen LogP contribution in [0.2, 0.25) is 0 Å². The molecule has 2 atom stereocenters. The van der Waals surface area contributed by atoms with Crippen LogP contribution >= 0.6 is 0 Å². The number of hydrogen-bond acceptors (Lipinski definition) is 1. The molecule has 0 heterocycles. The number of hydrogen-bond donors (Lipinski definition) is 0. The van der Waals surface area contributed by atoms with Gasteiger partial charge in [-0.1, -0.05) is 0 Å². The SMILES string of the molecule is FC(OC(F)(F)C(F)(F)C(F)CC(F)(F)F)C(F)(F)F. The van der Waals surface area contributed by atoms with Gasteiger partial charge < -0.3 is 0 Å². The van der Waals surface area contributed by atoms with Gasteiger partial charge in [0.25, 0.3) is 6.36 Å². The Kier molecular flexibility index (Phi) is 5.24. The van der Waals surface area contributed by atoms with Gasteiger partial charge in [-0.3, -0.25) is 4.74 Å². The van der Waals surface area contributed by atoms with Crippen molar-refractivity contribution in [3.63, 3.8) is 0 Å². The summed E-state index contributed by atoms with van der Waals surface area (Å²) >= 11 is 0. The second-order valence-corrected chi connectivity index (χ2v) is 3.40. The molecule has 0 saturated heterocycles. The standard InChI is InChI=1S/C7H4F12O/c8-2(1-4(10,11)12)5(13,14)7(18,19)20-3(9)6(15,16)17/h2-3H,1H2. The Morgan fingerprint density at radius 2 is 1.15 bits per heavy atom. The fourth-order valence-corrected chi connectivity index (χ4v) is 0.789. The molecule has 0 saturated carbocycles. The van der Waals surface area contributed by atoms with Crippen LogP contribution in [0.25, 0.3) is 0 Å². The molecule has 0 aromatic rings. The summed E-state index contributed by atoms with van der Waals surface area (Å²) in [4.78, 5) is 0. The van der Waals surface area contributed by atoms with Crippen LogP contribution in [0.4, 0.5) is 52.7 Å².